The van der Waals surface area contributed by atoms with Crippen molar-refractivity contribution in [3.63, 3.8) is 0 Å². The van der Waals surface area contributed by atoms with Gasteiger partial charge in [0.15, 0.2) is 0 Å². The quantitative estimate of drug-likeness (QED) is 0.772. The van der Waals surface area contributed by atoms with E-state index >= 15 is 0 Å². The van der Waals surface area contributed by atoms with Crippen LogP contribution in [0.3, 0.4) is 0 Å². The molecule has 92 valence electrons. The van der Waals surface area contributed by atoms with E-state index in [0.717, 1.165) is 18.3 Å². The van der Waals surface area contributed by atoms with Crippen molar-refractivity contribution < 1.29 is 0 Å². The minimum atomic E-state index is 0.539. The Balaban J connectivity index is 1.61. The first-order valence-electron chi connectivity index (χ1n) is 6.43. The van der Waals surface area contributed by atoms with E-state index in [-0.39, 0.29) is 0 Å². The van der Waals surface area contributed by atoms with Crippen LogP contribution in [-0.2, 0) is 6.42 Å². The van der Waals surface area contributed by atoms with Gasteiger partial charge in [-0.1, -0.05) is 52.3 Å². The third-order valence-corrected chi connectivity index (χ3v) is 4.67. The van der Waals surface area contributed by atoms with Crippen molar-refractivity contribution in [1.29, 1.82) is 0 Å². The minimum absolute atomic E-state index is 0.539. The fraction of sp³-hybridized carbons (Fsp3) is 0.312. The number of hydrogen-bond donors (Lipinski definition) is 0. The highest BCUT2D eigenvalue weighted by Gasteiger charge is 2.42. The highest BCUT2D eigenvalue weighted by molar-refractivity contribution is 9.09. The molecule has 3 rings (SSSR count). The molecule has 1 saturated carbocycles. The third kappa shape index (κ3) is 2.64. The predicted molar refractivity (Wildman–Crippen MR) is 77.9 cm³/mol. The topological polar surface area (TPSA) is 12.9 Å². The highest BCUT2D eigenvalue weighted by Crippen LogP contribution is 2.52. The Morgan fingerprint density at radius 2 is 1.89 bits per heavy atom. The van der Waals surface area contributed by atoms with Crippen molar-refractivity contribution in [3.05, 3.63) is 66.0 Å². The maximum Gasteiger partial charge on any atom is 0.0414 e. The number of halogens is 1. The lowest BCUT2D eigenvalue weighted by molar-refractivity contribution is 0.723. The first-order chi connectivity index (χ1) is 8.84. The van der Waals surface area contributed by atoms with Crippen LogP contribution < -0.4 is 0 Å². The number of benzene rings is 1. The number of alkyl halides is 1. The van der Waals surface area contributed by atoms with Gasteiger partial charge in [0.2, 0.25) is 0 Å². The summed E-state index contributed by atoms with van der Waals surface area (Å²) < 4.78 is 0. The molecular weight excluding hydrogens is 286 g/mol. The van der Waals surface area contributed by atoms with Crippen LogP contribution in [0.25, 0.3) is 0 Å². The van der Waals surface area contributed by atoms with Gasteiger partial charge in [-0.25, -0.2) is 0 Å². The van der Waals surface area contributed by atoms with Gasteiger partial charge >= 0.3 is 0 Å². The number of pyridine rings is 1. The molecule has 2 heteroatoms. The molecule has 1 aromatic heterocycles. The summed E-state index contributed by atoms with van der Waals surface area (Å²) in [5.41, 5.74) is 2.66. The van der Waals surface area contributed by atoms with Gasteiger partial charge in [-0.3, -0.25) is 4.98 Å². The number of aromatic nitrogens is 1. The summed E-state index contributed by atoms with van der Waals surface area (Å²) >= 11 is 3.84. The average Bonchev–Trinajstić information content (AvgIpc) is 3.21. The molecule has 1 heterocycles. The summed E-state index contributed by atoms with van der Waals surface area (Å²) in [7, 11) is 0. The Bertz CT molecular complexity index is 497. The second-order valence-electron chi connectivity index (χ2n) is 4.96. The van der Waals surface area contributed by atoms with Gasteiger partial charge in [0, 0.05) is 23.1 Å². The smallest absolute Gasteiger partial charge is 0.0414 e. The molecule has 0 saturated heterocycles. The number of nitrogens with zero attached hydrogens (tertiary/aromatic N) is 1. The van der Waals surface area contributed by atoms with Crippen LogP contribution in [0, 0.1) is 5.92 Å². The molecule has 1 aliphatic rings. The first kappa shape index (κ1) is 11.9. The molecule has 1 fully saturated rings. The van der Waals surface area contributed by atoms with Gasteiger partial charge in [0.25, 0.3) is 0 Å². The van der Waals surface area contributed by atoms with Crippen LogP contribution in [0.1, 0.15) is 23.6 Å². The van der Waals surface area contributed by atoms with E-state index < -0.39 is 0 Å². The van der Waals surface area contributed by atoms with Gasteiger partial charge in [-0.2, -0.15) is 0 Å². The Morgan fingerprint density at radius 1 is 1.11 bits per heavy atom. The third-order valence-electron chi connectivity index (χ3n) is 3.66. The normalized spacial score (nSPS) is 23.6. The molecule has 0 spiro atoms. The minimum Gasteiger partial charge on any atom is -0.261 e. The molecule has 1 aromatic carbocycles. The Kier molecular flexibility index (Phi) is 3.46. The largest absolute Gasteiger partial charge is 0.261 e. The van der Waals surface area contributed by atoms with E-state index in [2.05, 4.69) is 63.4 Å². The predicted octanol–water partition coefficient (Wildman–Crippen LogP) is 4.19. The Morgan fingerprint density at radius 3 is 2.61 bits per heavy atom. The van der Waals surface area contributed by atoms with E-state index in [1.54, 1.807) is 0 Å². The highest BCUT2D eigenvalue weighted by atomic mass is 79.9. The number of hydrogen-bond acceptors (Lipinski definition) is 1. The summed E-state index contributed by atoms with van der Waals surface area (Å²) in [5, 5.41) is 0. The van der Waals surface area contributed by atoms with Crippen molar-refractivity contribution in [3.8, 4) is 0 Å². The second-order valence-corrected chi connectivity index (χ2v) is 6.13. The van der Waals surface area contributed by atoms with Crippen LogP contribution in [-0.4, -0.2) is 9.81 Å². The lowest BCUT2D eigenvalue weighted by Gasteiger charge is -2.09. The zero-order valence-electron chi connectivity index (χ0n) is 10.2. The summed E-state index contributed by atoms with van der Waals surface area (Å²) in [5.74, 6) is 1.49. The zero-order chi connectivity index (χ0) is 12.4. The van der Waals surface area contributed by atoms with Gasteiger partial charge in [-0.05, 0) is 36.0 Å². The SMILES string of the molecule is BrC(Cc1ccccn1)C1CC1c1ccccc1. The molecule has 0 N–H and O–H groups in total. The molecular formula is C16H16BrN. The maximum absolute atomic E-state index is 4.40. The summed E-state index contributed by atoms with van der Waals surface area (Å²) in [6, 6.07) is 17.0. The van der Waals surface area contributed by atoms with Gasteiger partial charge < -0.3 is 0 Å². The molecule has 0 radical (unpaired) electrons. The first-order valence-corrected chi connectivity index (χ1v) is 7.35. The molecule has 2 aromatic rings. The van der Waals surface area contributed by atoms with Crippen LogP contribution in [0.2, 0.25) is 0 Å². The Hall–Kier alpha value is -1.15. The summed E-state index contributed by atoms with van der Waals surface area (Å²) in [4.78, 5) is 4.94. The van der Waals surface area contributed by atoms with Crippen molar-refractivity contribution in [2.45, 2.75) is 23.6 Å². The maximum atomic E-state index is 4.40. The van der Waals surface area contributed by atoms with Gasteiger partial charge in [-0.15, -0.1) is 0 Å². The van der Waals surface area contributed by atoms with Crippen molar-refractivity contribution >= 4 is 15.9 Å². The molecule has 1 nitrogen and oxygen atoms in total. The molecule has 3 atom stereocenters. The van der Waals surface area contributed by atoms with Gasteiger partial charge in [0.05, 0.1) is 0 Å². The fourth-order valence-electron chi connectivity index (χ4n) is 2.57. The molecule has 1 aliphatic carbocycles. The van der Waals surface area contributed by atoms with Gasteiger partial charge in [0.1, 0.15) is 0 Å². The lowest BCUT2D eigenvalue weighted by Crippen LogP contribution is -2.07. The van der Waals surface area contributed by atoms with Crippen LogP contribution in [0.4, 0.5) is 0 Å². The molecule has 0 aliphatic heterocycles. The second kappa shape index (κ2) is 5.23. The lowest BCUT2D eigenvalue weighted by atomic mass is 10.1. The van der Waals surface area contributed by atoms with Crippen molar-refractivity contribution in [1.82, 2.24) is 4.98 Å². The van der Waals surface area contributed by atoms with Crippen LogP contribution in [0.5, 0.6) is 0 Å². The molecule has 0 bridgehead atoms. The number of rotatable bonds is 4. The molecule has 0 amide bonds. The summed E-state index contributed by atoms with van der Waals surface area (Å²) in [6.07, 6.45) is 4.19. The Labute approximate surface area is 116 Å². The van der Waals surface area contributed by atoms with Crippen molar-refractivity contribution in [2.24, 2.45) is 5.92 Å². The van der Waals surface area contributed by atoms with E-state index in [1.165, 1.54) is 17.7 Å². The fourth-order valence-corrected chi connectivity index (χ4v) is 3.48. The van der Waals surface area contributed by atoms with Crippen molar-refractivity contribution in [2.75, 3.05) is 0 Å². The summed E-state index contributed by atoms with van der Waals surface area (Å²) in [6.45, 7) is 0. The van der Waals surface area contributed by atoms with E-state index in [0.29, 0.717) is 4.83 Å². The van der Waals surface area contributed by atoms with Crippen LogP contribution in [0.15, 0.2) is 54.7 Å². The molecule has 3 unspecified atom stereocenters. The van der Waals surface area contributed by atoms with E-state index in [4.69, 9.17) is 0 Å². The molecule has 18 heavy (non-hydrogen) atoms. The van der Waals surface area contributed by atoms with E-state index in [9.17, 15) is 0 Å². The van der Waals surface area contributed by atoms with E-state index in [1.807, 2.05) is 12.3 Å². The zero-order valence-corrected chi connectivity index (χ0v) is 11.8. The standard InChI is InChI=1S/C16H16BrN/c17-16(10-13-8-4-5-9-18-13)15-11-14(15)12-6-2-1-3-7-12/h1-9,14-16H,10-11H2. The monoisotopic (exact) mass is 301 g/mol. The van der Waals surface area contributed by atoms with Crippen LogP contribution >= 0.6 is 15.9 Å². The average molecular weight is 302 g/mol.